The van der Waals surface area contributed by atoms with Gasteiger partial charge in [0.15, 0.2) is 11.5 Å². The summed E-state index contributed by atoms with van der Waals surface area (Å²) in [6.45, 7) is 11.8. The van der Waals surface area contributed by atoms with Gasteiger partial charge in [0, 0.05) is 103 Å². The molecular formula is C114H89Ir2N8O2Pt-. The topological polar surface area (TPSA) is 125 Å². The minimum atomic E-state index is -2.83. The first kappa shape index (κ1) is 72.1. The van der Waals surface area contributed by atoms with Crippen molar-refractivity contribution in [1.82, 2.24) is 29.9 Å². The van der Waals surface area contributed by atoms with Crippen LogP contribution in [0.4, 0.5) is 17.1 Å². The van der Waals surface area contributed by atoms with E-state index >= 15 is 0 Å². The van der Waals surface area contributed by atoms with Crippen molar-refractivity contribution < 1.29 is 93.6 Å². The van der Waals surface area contributed by atoms with Crippen molar-refractivity contribution in [3.63, 3.8) is 0 Å². The third-order valence-electron chi connectivity index (χ3n) is 23.8. The molecule has 0 saturated heterocycles. The second-order valence-corrected chi connectivity index (χ2v) is 31.9. The number of pyridine rings is 3. The van der Waals surface area contributed by atoms with Crippen LogP contribution in [0.5, 0.6) is 0 Å². The van der Waals surface area contributed by atoms with Crippen LogP contribution in [0.3, 0.4) is 0 Å². The molecule has 0 spiro atoms. The molecule has 4 aliphatic rings. The molecule has 1 aliphatic carbocycles. The van der Waals surface area contributed by atoms with Gasteiger partial charge in [0.25, 0.3) is 5.82 Å². The SMILES string of the molecule is CC(=O)C=C(C)O.CC1(C)c2ccc[c-]c2-c2nccc3cccc1c23.CC1(c2ccccc2)c2ccc(-c3ccccn3)[c-]c2N2c3[c-]c(-c4ccccn4)ccc3C(c3ccccc3)(c3ccccc3)c3cccc1c32.Cc1cnc2c3[c-]cccc3c3ccccc3c2n1.[2H]c1cc(-c2c([2H])c([2H])c([2H])c3c2-c2[nH]c(-c4c(C)c([2H])c([2H])c([2H])c4C([2H])([2H])[2H])c([2H])[n+]2C3)c([2H])c(C)c1[2H].[Ir].[Ir].[Pt+2]. The largest absolute Gasteiger partial charge is 2.00 e. The first-order valence-corrected chi connectivity index (χ1v) is 41.1. The number of H-pyrrole nitrogens is 1. The van der Waals surface area contributed by atoms with E-state index in [1.165, 1.54) is 110 Å². The number of aliphatic hydroxyl groups is 1. The predicted octanol–water partition coefficient (Wildman–Crippen LogP) is 26.3. The van der Waals surface area contributed by atoms with E-state index in [4.69, 9.17) is 32.9 Å². The van der Waals surface area contributed by atoms with Crippen LogP contribution in [-0.4, -0.2) is 40.8 Å². The summed E-state index contributed by atoms with van der Waals surface area (Å²) >= 11 is 0. The molecule has 0 bridgehead atoms. The van der Waals surface area contributed by atoms with E-state index in [2.05, 4.69) is 276 Å². The van der Waals surface area contributed by atoms with Crippen LogP contribution in [0, 0.1) is 51.9 Å². The van der Waals surface area contributed by atoms with Crippen LogP contribution in [0.25, 0.3) is 111 Å². The first-order chi connectivity index (χ1) is 65.8. The third-order valence-corrected chi connectivity index (χ3v) is 23.8. The number of carbonyl (C=O) groups excluding carboxylic acids is 1. The van der Waals surface area contributed by atoms with Gasteiger partial charge in [0.05, 0.1) is 40.6 Å². The van der Waals surface area contributed by atoms with E-state index in [-0.39, 0.29) is 172 Å². The van der Waals surface area contributed by atoms with E-state index in [0.717, 1.165) is 83.9 Å². The number of allylic oxidation sites excluding steroid dienone is 2. The molecule has 2 N–H and O–H groups in total. The first-order valence-electron chi connectivity index (χ1n) is 47.6. The quantitative estimate of drug-likeness (QED) is 0.0507. The van der Waals surface area contributed by atoms with E-state index in [1.54, 1.807) is 0 Å². The minimum Gasteiger partial charge on any atom is -0.512 e. The summed E-state index contributed by atoms with van der Waals surface area (Å²) in [5, 5.41) is 15.5. The van der Waals surface area contributed by atoms with Crippen LogP contribution in [0.15, 0.2) is 358 Å². The molecule has 23 rings (SSSR count). The molecule has 1 unspecified atom stereocenters. The van der Waals surface area contributed by atoms with E-state index in [0.29, 0.717) is 5.56 Å². The smallest absolute Gasteiger partial charge is 0.512 e. The second kappa shape index (κ2) is 36.4. The predicted molar refractivity (Wildman–Crippen MR) is 503 cm³/mol. The van der Waals surface area contributed by atoms with Gasteiger partial charge in [0.2, 0.25) is 0 Å². The Morgan fingerprint density at radius 1 is 0.551 bits per heavy atom. The van der Waals surface area contributed by atoms with E-state index < -0.39 is 41.4 Å². The molecule has 127 heavy (non-hydrogen) atoms. The monoisotopic (exact) mass is 2200 g/mol. The van der Waals surface area contributed by atoms with Crippen LogP contribution < -0.4 is 9.47 Å². The standard InChI is InChI=1S/C49H33N3.C25H22N2.C18H14N.C17H11N2.C5H8O2.2Ir.Pt/c1-48(36-16-5-2-6-17-36)39-28-26-34(43-24-11-13-30-50-43)32-45(39)52-46-33-35(44-25-12-14-31-51-44)27-29-40(46)49(37-18-7-3-8-19-37,38-20-9-4-10-21-38)42-23-15-22-41(48)47(42)52;1-16-7-4-10-19(13-16)21-12-6-11-20-14-27-15-22(26-25(27)24(20)21)23-17(2)8-5-9-18(23)3;1-18(2)14-8-4-3-7-13(14)17-16-12(10-11-19-17)6-5-9-15(16)18;1-11-10-18-16-14-8-4-2-6-12(14)13-7-3-5-9-15(13)17(16)19-11;1-4(6)3-5(2)7;;;/h2-31H,1H3;4-13,15H,14H2,1-3H3;3-6,8-11H,1-2H3;2-7,9-10H,1H3;3,6H,1-2H3;;;/q-2;;2*-1;;;;+2/p+1/i;2D3,4D,5D,6D,7D,8D,9D,11D,12D,13D,15D;;;;;;. The molecule has 1 atom stereocenters. The fourth-order valence-corrected chi connectivity index (χ4v) is 18.3. The van der Waals surface area contributed by atoms with Gasteiger partial charge in [-0.3, -0.25) is 9.78 Å². The van der Waals surface area contributed by atoms with Gasteiger partial charge < -0.3 is 29.9 Å². The maximum Gasteiger partial charge on any atom is 2.00 e. The molecule has 2 radical (unpaired) electrons. The summed E-state index contributed by atoms with van der Waals surface area (Å²) in [5.74, 6) is 0.141. The fourth-order valence-electron chi connectivity index (χ4n) is 18.3. The number of hydrogen-bond donors (Lipinski definition) is 2. The number of anilines is 3. The summed E-state index contributed by atoms with van der Waals surface area (Å²) in [7, 11) is 0. The Kier molecular flexibility index (Phi) is 20.7. The van der Waals surface area contributed by atoms with Crippen molar-refractivity contribution in [3.05, 3.63) is 460 Å². The normalized spacial score (nSPS) is 15.4. The molecule has 10 nitrogen and oxygen atoms in total. The molecule has 5 aromatic heterocycles. The molecule has 13 heteroatoms. The molecule has 0 amide bonds. The maximum absolute atomic E-state index is 10.0. The number of aromatic nitrogens is 7. The van der Waals surface area contributed by atoms with Gasteiger partial charge in [-0.1, -0.05) is 285 Å². The number of imidazole rings is 1. The molecule has 0 saturated carbocycles. The number of aromatic amines is 1. The number of nitrogens with one attached hydrogen (secondary N) is 1. The molecule has 8 heterocycles. The van der Waals surface area contributed by atoms with Crippen molar-refractivity contribution >= 4 is 66.2 Å². The third kappa shape index (κ3) is 15.7. The Bertz CT molecular complexity index is 8080. The Balaban J connectivity index is 0.000000141. The summed E-state index contributed by atoms with van der Waals surface area (Å²) in [5.41, 5.74) is 22.3. The Morgan fingerprint density at radius 3 is 1.83 bits per heavy atom. The summed E-state index contributed by atoms with van der Waals surface area (Å²) in [6, 6.07) is 103. The van der Waals surface area contributed by atoms with Crippen molar-refractivity contribution in [3.8, 4) is 67.5 Å². The van der Waals surface area contributed by atoms with Crippen molar-refractivity contribution in [2.24, 2.45) is 0 Å². The number of ketones is 1. The fraction of sp³-hybridized carbons (Fsp3) is 0.114. The molecule has 626 valence electrons. The number of aryl methyl sites for hydroxylation is 1. The average molecular weight is 2200 g/mol. The summed E-state index contributed by atoms with van der Waals surface area (Å²) < 4.78 is 110. The minimum absolute atomic E-state index is 0. The Hall–Kier alpha value is -13.1. The molecule has 3 aliphatic heterocycles. The van der Waals surface area contributed by atoms with Crippen LogP contribution >= 0.6 is 0 Å². The molecular weight excluding hydrogens is 2090 g/mol. The van der Waals surface area contributed by atoms with E-state index in [1.807, 2.05) is 80.2 Å². The maximum atomic E-state index is 10.0. The van der Waals surface area contributed by atoms with Gasteiger partial charge in [-0.15, -0.1) is 113 Å². The van der Waals surface area contributed by atoms with Gasteiger partial charge in [-0.25, -0.2) is 9.55 Å². The zero-order chi connectivity index (χ0) is 96.2. The van der Waals surface area contributed by atoms with Crippen molar-refractivity contribution in [2.45, 2.75) is 85.0 Å². The van der Waals surface area contributed by atoms with Crippen LogP contribution in [0.2, 0.25) is 0 Å². The summed E-state index contributed by atoms with van der Waals surface area (Å²) in [6.07, 6.45) is 8.36. The summed E-state index contributed by atoms with van der Waals surface area (Å²) in [4.78, 5) is 38.9. The Morgan fingerprint density at radius 2 is 1.16 bits per heavy atom. The number of rotatable bonds is 8. The van der Waals surface area contributed by atoms with Crippen molar-refractivity contribution in [2.75, 3.05) is 4.90 Å². The zero-order valence-electron chi connectivity index (χ0n) is 83.4. The van der Waals surface area contributed by atoms with Gasteiger partial charge >= 0.3 is 21.1 Å². The van der Waals surface area contributed by atoms with Gasteiger partial charge in [0.1, 0.15) is 14.1 Å². The Labute approximate surface area is 801 Å². The van der Waals surface area contributed by atoms with Crippen LogP contribution in [0.1, 0.15) is 130 Å². The average Bonchev–Trinajstić information content (AvgIpc) is 1.08. The van der Waals surface area contributed by atoms with Gasteiger partial charge in [-0.2, -0.15) is 0 Å². The number of nitrogens with zero attached hydrogens (tertiary/aromatic N) is 7. The number of benzene rings is 14. The zero-order valence-corrected chi connectivity index (χ0v) is 77.5. The number of para-hydroxylation sites is 1. The number of carbonyl (C=O) groups is 1. The van der Waals surface area contributed by atoms with Gasteiger partial charge in [-0.05, 0) is 165 Å². The number of fused-ring (bicyclic) bond motifs is 15. The number of hydrogen-bond acceptors (Lipinski definition) is 8. The molecule has 14 aromatic carbocycles. The molecule has 19 aromatic rings. The van der Waals surface area contributed by atoms with E-state index in [9.17, 15) is 4.79 Å². The molecule has 0 fully saturated rings. The number of aliphatic hydroxyl groups excluding tert-OH is 1. The van der Waals surface area contributed by atoms with Crippen LogP contribution in [-0.2, 0) is 88.9 Å². The van der Waals surface area contributed by atoms with Crippen molar-refractivity contribution in [1.29, 1.82) is 0 Å². The second-order valence-electron chi connectivity index (χ2n) is 31.9.